The molecule has 27 heavy (non-hydrogen) atoms. The standard InChI is InChI=1S/C22H29Br3O2/c23-13-7-1-3-9-15-26-21-17-20(25)22(19-12-6-5-11-18(19)21)27-16-10-4-2-8-14-24/h5-6,11-12,17H,1-4,7-10,13-16H2. The van der Waals surface area contributed by atoms with Crippen molar-refractivity contribution in [2.24, 2.45) is 0 Å². The molecule has 0 aliphatic rings. The van der Waals surface area contributed by atoms with Gasteiger partial charge < -0.3 is 9.47 Å². The molecule has 0 aliphatic carbocycles. The third kappa shape index (κ3) is 7.94. The van der Waals surface area contributed by atoms with Crippen LogP contribution in [0.2, 0.25) is 0 Å². The molecule has 0 aliphatic heterocycles. The Kier molecular flexibility index (Phi) is 11.8. The molecular weight excluding hydrogens is 536 g/mol. The van der Waals surface area contributed by atoms with Gasteiger partial charge in [-0.1, -0.05) is 81.8 Å². The molecule has 2 nitrogen and oxygen atoms in total. The maximum atomic E-state index is 6.14. The molecule has 0 saturated carbocycles. The number of fused-ring (bicyclic) bond motifs is 1. The van der Waals surface area contributed by atoms with Crippen molar-refractivity contribution in [3.63, 3.8) is 0 Å². The summed E-state index contributed by atoms with van der Waals surface area (Å²) in [6.07, 6.45) is 9.55. The van der Waals surface area contributed by atoms with E-state index in [1.165, 1.54) is 38.5 Å². The van der Waals surface area contributed by atoms with Crippen LogP contribution in [-0.4, -0.2) is 23.9 Å². The van der Waals surface area contributed by atoms with Crippen molar-refractivity contribution in [3.8, 4) is 11.5 Å². The molecule has 0 fully saturated rings. The lowest BCUT2D eigenvalue weighted by Gasteiger charge is -2.15. The average molecular weight is 565 g/mol. The van der Waals surface area contributed by atoms with E-state index in [4.69, 9.17) is 9.47 Å². The molecule has 0 N–H and O–H groups in total. The highest BCUT2D eigenvalue weighted by Crippen LogP contribution is 2.40. The van der Waals surface area contributed by atoms with Crippen molar-refractivity contribution in [3.05, 3.63) is 34.8 Å². The van der Waals surface area contributed by atoms with Crippen LogP contribution in [0, 0.1) is 0 Å². The first kappa shape index (κ1) is 23.0. The zero-order valence-electron chi connectivity index (χ0n) is 15.8. The molecule has 150 valence electrons. The van der Waals surface area contributed by atoms with Gasteiger partial charge in [-0.15, -0.1) is 0 Å². The molecule has 0 aromatic heterocycles. The fourth-order valence-electron chi connectivity index (χ4n) is 3.01. The van der Waals surface area contributed by atoms with Crippen LogP contribution in [0.15, 0.2) is 34.8 Å². The lowest BCUT2D eigenvalue weighted by atomic mass is 10.1. The average Bonchev–Trinajstić information content (AvgIpc) is 2.69. The molecular formula is C22H29Br3O2. The fraction of sp³-hybridized carbons (Fsp3) is 0.545. The van der Waals surface area contributed by atoms with Crippen molar-refractivity contribution in [2.75, 3.05) is 23.9 Å². The summed E-state index contributed by atoms with van der Waals surface area (Å²) < 4.78 is 13.2. The second-order valence-electron chi connectivity index (χ2n) is 6.63. The zero-order valence-corrected chi connectivity index (χ0v) is 20.6. The summed E-state index contributed by atoms with van der Waals surface area (Å²) in [5, 5.41) is 4.41. The molecule has 2 rings (SSSR count). The normalized spacial score (nSPS) is 11.1. The Bertz CT molecular complexity index is 676. The summed E-state index contributed by atoms with van der Waals surface area (Å²) in [5.74, 6) is 1.86. The van der Waals surface area contributed by atoms with Gasteiger partial charge in [-0.2, -0.15) is 0 Å². The van der Waals surface area contributed by atoms with Crippen LogP contribution in [0.4, 0.5) is 0 Å². The minimum atomic E-state index is 0.749. The maximum absolute atomic E-state index is 6.14. The lowest BCUT2D eigenvalue weighted by Crippen LogP contribution is -2.01. The van der Waals surface area contributed by atoms with E-state index in [0.29, 0.717) is 0 Å². The number of alkyl halides is 2. The van der Waals surface area contributed by atoms with E-state index in [1.54, 1.807) is 0 Å². The van der Waals surface area contributed by atoms with Crippen LogP contribution in [0.1, 0.15) is 51.4 Å². The number of halogens is 3. The third-order valence-corrected chi connectivity index (χ3v) is 6.18. The highest BCUT2D eigenvalue weighted by atomic mass is 79.9. The number of ether oxygens (including phenoxy) is 2. The number of hydrogen-bond acceptors (Lipinski definition) is 2. The molecule has 2 aromatic carbocycles. The number of benzene rings is 2. The maximum Gasteiger partial charge on any atom is 0.141 e. The predicted molar refractivity (Wildman–Crippen MR) is 127 cm³/mol. The second-order valence-corrected chi connectivity index (χ2v) is 9.07. The van der Waals surface area contributed by atoms with Crippen molar-refractivity contribution in [2.45, 2.75) is 51.4 Å². The first-order valence-electron chi connectivity index (χ1n) is 9.86. The van der Waals surface area contributed by atoms with E-state index in [2.05, 4.69) is 78.1 Å². The molecule has 2 aromatic rings. The van der Waals surface area contributed by atoms with Gasteiger partial charge in [0.1, 0.15) is 11.5 Å². The SMILES string of the molecule is BrCCCCCCOc1cc(Br)c(OCCCCCCBr)c2ccccc12. The van der Waals surface area contributed by atoms with Crippen molar-refractivity contribution >= 4 is 58.6 Å². The highest BCUT2D eigenvalue weighted by molar-refractivity contribution is 9.10. The first-order valence-corrected chi connectivity index (χ1v) is 12.9. The van der Waals surface area contributed by atoms with Crippen LogP contribution >= 0.6 is 47.8 Å². The summed E-state index contributed by atoms with van der Waals surface area (Å²) in [5.41, 5.74) is 0. The van der Waals surface area contributed by atoms with E-state index in [9.17, 15) is 0 Å². The third-order valence-electron chi connectivity index (χ3n) is 4.47. The van der Waals surface area contributed by atoms with E-state index >= 15 is 0 Å². The summed E-state index contributed by atoms with van der Waals surface area (Å²) in [6.45, 7) is 1.51. The Hall–Kier alpha value is -0.260. The Morgan fingerprint density at radius 3 is 1.85 bits per heavy atom. The van der Waals surface area contributed by atoms with Crippen LogP contribution < -0.4 is 9.47 Å². The Balaban J connectivity index is 1.98. The van der Waals surface area contributed by atoms with Crippen LogP contribution in [0.25, 0.3) is 10.8 Å². The van der Waals surface area contributed by atoms with Gasteiger partial charge in [0.15, 0.2) is 0 Å². The van der Waals surface area contributed by atoms with Crippen molar-refractivity contribution in [1.29, 1.82) is 0 Å². The fourth-order valence-corrected chi connectivity index (χ4v) is 4.33. The first-order chi connectivity index (χ1) is 13.3. The second kappa shape index (κ2) is 13.8. The summed E-state index contributed by atoms with van der Waals surface area (Å²) in [4.78, 5) is 0. The van der Waals surface area contributed by atoms with Gasteiger partial charge in [-0.05, 0) is 47.7 Å². The molecule has 0 saturated heterocycles. The quantitative estimate of drug-likeness (QED) is 0.170. The van der Waals surface area contributed by atoms with Gasteiger partial charge >= 0.3 is 0 Å². The molecule has 0 atom stereocenters. The van der Waals surface area contributed by atoms with E-state index in [-0.39, 0.29) is 0 Å². The zero-order chi connectivity index (χ0) is 19.3. The van der Waals surface area contributed by atoms with Crippen LogP contribution in [0.3, 0.4) is 0 Å². The predicted octanol–water partition coefficient (Wildman–Crippen LogP) is 8.27. The van der Waals surface area contributed by atoms with Gasteiger partial charge in [0.2, 0.25) is 0 Å². The molecule has 0 spiro atoms. The molecule has 0 amide bonds. The minimum absolute atomic E-state index is 0.749. The monoisotopic (exact) mass is 562 g/mol. The van der Waals surface area contributed by atoms with Gasteiger partial charge in [0, 0.05) is 21.4 Å². The van der Waals surface area contributed by atoms with E-state index in [1.807, 2.05) is 0 Å². The molecule has 5 heteroatoms. The largest absolute Gasteiger partial charge is 0.493 e. The van der Waals surface area contributed by atoms with Gasteiger partial charge in [-0.3, -0.25) is 0 Å². The highest BCUT2D eigenvalue weighted by Gasteiger charge is 2.12. The van der Waals surface area contributed by atoms with Gasteiger partial charge in [0.25, 0.3) is 0 Å². The lowest BCUT2D eigenvalue weighted by molar-refractivity contribution is 0.300. The van der Waals surface area contributed by atoms with E-state index < -0.39 is 0 Å². The number of hydrogen-bond donors (Lipinski definition) is 0. The summed E-state index contributed by atoms with van der Waals surface area (Å²) in [6, 6.07) is 10.4. The summed E-state index contributed by atoms with van der Waals surface area (Å²) >= 11 is 10.7. The number of rotatable bonds is 14. The molecule has 0 bridgehead atoms. The molecule has 0 heterocycles. The van der Waals surface area contributed by atoms with Gasteiger partial charge in [0.05, 0.1) is 17.7 Å². The van der Waals surface area contributed by atoms with Crippen molar-refractivity contribution < 1.29 is 9.47 Å². The molecule has 0 radical (unpaired) electrons. The van der Waals surface area contributed by atoms with Crippen LogP contribution in [0.5, 0.6) is 11.5 Å². The Labute approximate surface area is 188 Å². The smallest absolute Gasteiger partial charge is 0.141 e. The Morgan fingerprint density at radius 2 is 1.22 bits per heavy atom. The van der Waals surface area contributed by atoms with Crippen LogP contribution in [-0.2, 0) is 0 Å². The molecule has 0 unspecified atom stereocenters. The Morgan fingerprint density at radius 1 is 0.667 bits per heavy atom. The number of unbranched alkanes of at least 4 members (excludes halogenated alkanes) is 6. The topological polar surface area (TPSA) is 18.5 Å². The van der Waals surface area contributed by atoms with Gasteiger partial charge in [-0.25, -0.2) is 0 Å². The van der Waals surface area contributed by atoms with E-state index in [0.717, 1.165) is 63.5 Å². The summed E-state index contributed by atoms with van der Waals surface area (Å²) in [7, 11) is 0. The van der Waals surface area contributed by atoms with Crippen molar-refractivity contribution in [1.82, 2.24) is 0 Å². The minimum Gasteiger partial charge on any atom is -0.493 e.